The van der Waals surface area contributed by atoms with Gasteiger partial charge in [-0.15, -0.1) is 0 Å². The summed E-state index contributed by atoms with van der Waals surface area (Å²) in [5, 5.41) is 3.46. The van der Waals surface area contributed by atoms with Crippen molar-refractivity contribution in [2.45, 2.75) is 39.7 Å². The van der Waals surface area contributed by atoms with Crippen LogP contribution < -0.4 is 5.32 Å². The lowest BCUT2D eigenvalue weighted by Crippen LogP contribution is -2.46. The van der Waals surface area contributed by atoms with Crippen LogP contribution in [0.3, 0.4) is 0 Å². The zero-order valence-electron chi connectivity index (χ0n) is 9.56. The van der Waals surface area contributed by atoms with Gasteiger partial charge < -0.3 is 10.2 Å². The number of piperidine rings is 1. The molecule has 1 fully saturated rings. The first-order chi connectivity index (χ1) is 5.99. The lowest BCUT2D eigenvalue weighted by Gasteiger charge is -2.35. The second-order valence-corrected chi connectivity index (χ2v) is 5.48. The monoisotopic (exact) mass is 184 g/mol. The highest BCUT2D eigenvalue weighted by atomic mass is 15.2. The van der Waals surface area contributed by atoms with E-state index in [0.29, 0.717) is 5.41 Å². The molecule has 2 heteroatoms. The van der Waals surface area contributed by atoms with Gasteiger partial charge in [0.15, 0.2) is 0 Å². The topological polar surface area (TPSA) is 15.3 Å². The SMILES string of the molecule is CN(CC(C)(C)C)C1CCCNC1. The summed E-state index contributed by atoms with van der Waals surface area (Å²) in [5.74, 6) is 0. The largest absolute Gasteiger partial charge is 0.315 e. The Balaban J connectivity index is 2.33. The van der Waals surface area contributed by atoms with Crippen LogP contribution in [0, 0.1) is 5.41 Å². The molecule has 2 nitrogen and oxygen atoms in total. The Morgan fingerprint density at radius 1 is 1.38 bits per heavy atom. The molecule has 0 aromatic rings. The molecule has 0 aromatic heterocycles. The fourth-order valence-electron chi connectivity index (χ4n) is 2.09. The van der Waals surface area contributed by atoms with Gasteiger partial charge in [0.2, 0.25) is 0 Å². The van der Waals surface area contributed by atoms with E-state index in [2.05, 4.69) is 38.0 Å². The van der Waals surface area contributed by atoms with Crippen molar-refractivity contribution in [3.05, 3.63) is 0 Å². The molecular weight excluding hydrogens is 160 g/mol. The van der Waals surface area contributed by atoms with Crippen molar-refractivity contribution in [3.63, 3.8) is 0 Å². The summed E-state index contributed by atoms with van der Waals surface area (Å²) in [7, 11) is 2.25. The fraction of sp³-hybridized carbons (Fsp3) is 1.00. The molecule has 0 bridgehead atoms. The fourth-order valence-corrected chi connectivity index (χ4v) is 2.09. The Bertz CT molecular complexity index is 143. The lowest BCUT2D eigenvalue weighted by atomic mass is 9.94. The lowest BCUT2D eigenvalue weighted by molar-refractivity contribution is 0.149. The molecule has 1 rings (SSSR count). The molecule has 1 saturated heterocycles. The molecule has 13 heavy (non-hydrogen) atoms. The van der Waals surface area contributed by atoms with Gasteiger partial charge >= 0.3 is 0 Å². The van der Waals surface area contributed by atoms with Crippen LogP contribution in [0.1, 0.15) is 33.6 Å². The first kappa shape index (κ1) is 11.0. The highest BCUT2D eigenvalue weighted by Crippen LogP contribution is 2.17. The predicted octanol–water partition coefficient (Wildman–Crippen LogP) is 1.72. The molecule has 0 saturated carbocycles. The van der Waals surface area contributed by atoms with Gasteiger partial charge in [-0.3, -0.25) is 0 Å². The van der Waals surface area contributed by atoms with Crippen molar-refractivity contribution in [2.75, 3.05) is 26.7 Å². The Morgan fingerprint density at radius 2 is 2.08 bits per heavy atom. The van der Waals surface area contributed by atoms with Crippen LogP contribution in [-0.4, -0.2) is 37.6 Å². The molecule has 0 amide bonds. The zero-order valence-corrected chi connectivity index (χ0v) is 9.56. The highest BCUT2D eigenvalue weighted by Gasteiger charge is 2.21. The van der Waals surface area contributed by atoms with E-state index in [1.165, 1.54) is 32.5 Å². The quantitative estimate of drug-likeness (QED) is 0.703. The minimum atomic E-state index is 0.423. The van der Waals surface area contributed by atoms with Gasteiger partial charge in [0, 0.05) is 19.1 Å². The summed E-state index contributed by atoms with van der Waals surface area (Å²) >= 11 is 0. The molecule has 1 heterocycles. The molecule has 1 atom stereocenters. The Kier molecular flexibility index (Phi) is 3.74. The Morgan fingerprint density at radius 3 is 2.54 bits per heavy atom. The second-order valence-electron chi connectivity index (χ2n) is 5.48. The summed E-state index contributed by atoms with van der Waals surface area (Å²) in [6.45, 7) is 10.5. The number of hydrogen-bond acceptors (Lipinski definition) is 2. The number of nitrogens with one attached hydrogen (secondary N) is 1. The average molecular weight is 184 g/mol. The van der Waals surface area contributed by atoms with E-state index in [0.717, 1.165) is 6.04 Å². The van der Waals surface area contributed by atoms with Crippen molar-refractivity contribution >= 4 is 0 Å². The average Bonchev–Trinajstić information content (AvgIpc) is 2.03. The summed E-state index contributed by atoms with van der Waals surface area (Å²) in [6.07, 6.45) is 2.69. The normalized spacial score (nSPS) is 25.2. The molecular formula is C11H24N2. The van der Waals surface area contributed by atoms with Gasteiger partial charge in [-0.1, -0.05) is 20.8 Å². The van der Waals surface area contributed by atoms with E-state index in [1.807, 2.05) is 0 Å². The molecule has 0 radical (unpaired) electrons. The van der Waals surface area contributed by atoms with E-state index >= 15 is 0 Å². The van der Waals surface area contributed by atoms with E-state index < -0.39 is 0 Å². The predicted molar refractivity (Wildman–Crippen MR) is 58.0 cm³/mol. The van der Waals surface area contributed by atoms with E-state index in [4.69, 9.17) is 0 Å². The van der Waals surface area contributed by atoms with E-state index in [9.17, 15) is 0 Å². The Labute approximate surface area is 82.7 Å². The minimum absolute atomic E-state index is 0.423. The molecule has 0 aliphatic carbocycles. The number of nitrogens with zero attached hydrogens (tertiary/aromatic N) is 1. The summed E-state index contributed by atoms with van der Waals surface area (Å²) in [5.41, 5.74) is 0.423. The van der Waals surface area contributed by atoms with Crippen molar-refractivity contribution < 1.29 is 0 Å². The van der Waals surface area contributed by atoms with Crippen LogP contribution in [0.4, 0.5) is 0 Å². The van der Waals surface area contributed by atoms with Crippen molar-refractivity contribution in [1.29, 1.82) is 0 Å². The van der Waals surface area contributed by atoms with Gasteiger partial charge in [0.05, 0.1) is 0 Å². The zero-order chi connectivity index (χ0) is 9.90. The molecule has 78 valence electrons. The van der Waals surface area contributed by atoms with Gasteiger partial charge in [0.25, 0.3) is 0 Å². The third kappa shape index (κ3) is 4.10. The number of rotatable bonds is 2. The molecule has 0 spiro atoms. The summed E-state index contributed by atoms with van der Waals surface area (Å²) in [6, 6.07) is 0.757. The summed E-state index contributed by atoms with van der Waals surface area (Å²) < 4.78 is 0. The van der Waals surface area contributed by atoms with Gasteiger partial charge in [-0.05, 0) is 31.8 Å². The van der Waals surface area contributed by atoms with Crippen LogP contribution in [-0.2, 0) is 0 Å². The van der Waals surface area contributed by atoms with E-state index in [-0.39, 0.29) is 0 Å². The van der Waals surface area contributed by atoms with Crippen molar-refractivity contribution in [3.8, 4) is 0 Å². The van der Waals surface area contributed by atoms with Gasteiger partial charge in [-0.25, -0.2) is 0 Å². The van der Waals surface area contributed by atoms with Gasteiger partial charge in [-0.2, -0.15) is 0 Å². The maximum atomic E-state index is 3.46. The standard InChI is InChI=1S/C11H24N2/c1-11(2,3)9-13(4)10-6-5-7-12-8-10/h10,12H,5-9H2,1-4H3. The third-order valence-electron chi connectivity index (χ3n) is 2.62. The highest BCUT2D eigenvalue weighted by molar-refractivity contribution is 4.79. The molecule has 0 aromatic carbocycles. The number of likely N-dealkylation sites (N-methyl/N-ethyl adjacent to an activating group) is 1. The van der Waals surface area contributed by atoms with Crippen LogP contribution in [0.25, 0.3) is 0 Å². The van der Waals surface area contributed by atoms with Gasteiger partial charge in [0.1, 0.15) is 0 Å². The van der Waals surface area contributed by atoms with Crippen LogP contribution in [0.2, 0.25) is 0 Å². The molecule has 1 unspecified atom stereocenters. The van der Waals surface area contributed by atoms with Crippen LogP contribution in [0.15, 0.2) is 0 Å². The van der Waals surface area contributed by atoms with E-state index in [1.54, 1.807) is 0 Å². The first-order valence-electron chi connectivity index (χ1n) is 5.40. The second kappa shape index (κ2) is 4.43. The molecule has 1 aliphatic heterocycles. The first-order valence-corrected chi connectivity index (χ1v) is 5.40. The Hall–Kier alpha value is -0.0800. The van der Waals surface area contributed by atoms with Crippen LogP contribution in [0.5, 0.6) is 0 Å². The van der Waals surface area contributed by atoms with Crippen molar-refractivity contribution in [1.82, 2.24) is 10.2 Å². The maximum absolute atomic E-state index is 3.46. The maximum Gasteiger partial charge on any atom is 0.0218 e. The minimum Gasteiger partial charge on any atom is -0.315 e. The molecule has 1 aliphatic rings. The van der Waals surface area contributed by atoms with Crippen LogP contribution >= 0.6 is 0 Å². The third-order valence-corrected chi connectivity index (χ3v) is 2.62. The molecule has 1 N–H and O–H groups in total. The summed E-state index contributed by atoms with van der Waals surface area (Å²) in [4.78, 5) is 2.51. The smallest absolute Gasteiger partial charge is 0.0218 e. The van der Waals surface area contributed by atoms with Crippen molar-refractivity contribution in [2.24, 2.45) is 5.41 Å². The number of hydrogen-bond donors (Lipinski definition) is 1.